The van der Waals surface area contributed by atoms with E-state index in [4.69, 9.17) is 0 Å². The molecule has 0 rings (SSSR count). The van der Waals surface area contributed by atoms with Gasteiger partial charge >= 0.3 is 0 Å². The molecule has 0 aromatic carbocycles. The van der Waals surface area contributed by atoms with E-state index in [1.54, 1.807) is 0 Å². The van der Waals surface area contributed by atoms with Crippen molar-refractivity contribution in [3.63, 3.8) is 0 Å². The van der Waals surface area contributed by atoms with Crippen molar-refractivity contribution in [3.05, 3.63) is 43.9 Å². The van der Waals surface area contributed by atoms with Crippen molar-refractivity contribution >= 4 is 0 Å². The Labute approximate surface area is 64.0 Å². The first-order valence-electron chi connectivity index (χ1n) is 3.62. The third-order valence-corrected chi connectivity index (χ3v) is 1.14. The smallest absolute Gasteiger partial charge is 0.0169 e. The summed E-state index contributed by atoms with van der Waals surface area (Å²) in [7, 11) is 0. The minimum absolute atomic E-state index is 1.00. The summed E-state index contributed by atoms with van der Waals surface area (Å²) < 4.78 is 0. The van der Waals surface area contributed by atoms with Crippen LogP contribution in [0.1, 0.15) is 19.3 Å². The van der Waals surface area contributed by atoms with Crippen LogP contribution >= 0.6 is 0 Å². The maximum atomic E-state index is 3.64. The molecule has 0 heteroatoms. The zero-order valence-electron chi connectivity index (χ0n) is 6.42. The fourth-order valence-corrected chi connectivity index (χ4v) is 0.603. The van der Waals surface area contributed by atoms with E-state index in [0.717, 1.165) is 19.3 Å². The third kappa shape index (κ3) is 7.22. The van der Waals surface area contributed by atoms with Gasteiger partial charge in [-0.3, -0.25) is 0 Å². The Morgan fingerprint density at radius 3 is 2.40 bits per heavy atom. The highest BCUT2D eigenvalue weighted by atomic mass is 13.8. The lowest BCUT2D eigenvalue weighted by Gasteiger charge is -1.83. The summed E-state index contributed by atoms with van der Waals surface area (Å²) in [5.41, 5.74) is 0. The van der Waals surface area contributed by atoms with Crippen LogP contribution < -0.4 is 0 Å². The zero-order valence-corrected chi connectivity index (χ0v) is 6.42. The number of hydrogen-bond donors (Lipinski definition) is 0. The van der Waals surface area contributed by atoms with Gasteiger partial charge in [-0.25, -0.2) is 0 Å². The van der Waals surface area contributed by atoms with Gasteiger partial charge in [0.05, 0.1) is 0 Å². The SMILES string of the molecule is [CH2]C=CCC=CCCC=C. The molecule has 0 fully saturated rings. The lowest BCUT2D eigenvalue weighted by Crippen LogP contribution is -1.62. The number of unbranched alkanes of at least 4 members (excludes halogenated alkanes) is 1. The Bertz CT molecular complexity index is 118. The number of allylic oxidation sites excluding steroid dienone is 5. The average molecular weight is 135 g/mol. The summed E-state index contributed by atoms with van der Waals surface area (Å²) >= 11 is 0. The van der Waals surface area contributed by atoms with Crippen molar-refractivity contribution < 1.29 is 0 Å². The minimum Gasteiger partial charge on any atom is -0.103 e. The van der Waals surface area contributed by atoms with Crippen LogP contribution in [0.15, 0.2) is 37.0 Å². The quantitative estimate of drug-likeness (QED) is 0.401. The first-order chi connectivity index (χ1) is 4.91. The largest absolute Gasteiger partial charge is 0.103 e. The topological polar surface area (TPSA) is 0 Å². The van der Waals surface area contributed by atoms with Gasteiger partial charge < -0.3 is 0 Å². The second kappa shape index (κ2) is 8.22. The standard InChI is InChI=1S/C10H15/c1-3-5-7-9-10-8-6-4-2/h3-5,9-10H,1-2,6-8H2. The predicted octanol–water partition coefficient (Wildman–Crippen LogP) is 3.29. The average Bonchev–Trinajstić information content (AvgIpc) is 1.97. The predicted molar refractivity (Wildman–Crippen MR) is 47.7 cm³/mol. The van der Waals surface area contributed by atoms with E-state index in [-0.39, 0.29) is 0 Å². The summed E-state index contributed by atoms with van der Waals surface area (Å²) in [5, 5.41) is 0. The molecule has 1 radical (unpaired) electrons. The van der Waals surface area contributed by atoms with Gasteiger partial charge in [-0.15, -0.1) is 6.58 Å². The third-order valence-electron chi connectivity index (χ3n) is 1.14. The summed E-state index contributed by atoms with van der Waals surface area (Å²) in [6.07, 6.45) is 13.3. The maximum absolute atomic E-state index is 3.64. The van der Waals surface area contributed by atoms with Crippen LogP contribution in [-0.4, -0.2) is 0 Å². The van der Waals surface area contributed by atoms with Crippen molar-refractivity contribution in [2.45, 2.75) is 19.3 Å². The van der Waals surface area contributed by atoms with Gasteiger partial charge in [-0.1, -0.05) is 30.4 Å². The van der Waals surface area contributed by atoms with E-state index in [1.807, 2.05) is 18.2 Å². The summed E-state index contributed by atoms with van der Waals surface area (Å²) in [5.74, 6) is 0. The highest BCUT2D eigenvalue weighted by molar-refractivity contribution is 4.94. The lowest BCUT2D eigenvalue weighted by atomic mass is 10.2. The molecule has 0 N–H and O–H groups in total. The van der Waals surface area contributed by atoms with E-state index < -0.39 is 0 Å². The van der Waals surface area contributed by atoms with Crippen molar-refractivity contribution in [2.75, 3.05) is 0 Å². The second-order valence-corrected chi connectivity index (χ2v) is 2.04. The van der Waals surface area contributed by atoms with Crippen LogP contribution in [0.25, 0.3) is 0 Å². The minimum atomic E-state index is 1.00. The van der Waals surface area contributed by atoms with Gasteiger partial charge in [-0.2, -0.15) is 0 Å². The first-order valence-corrected chi connectivity index (χ1v) is 3.62. The van der Waals surface area contributed by atoms with Crippen LogP contribution in [0.5, 0.6) is 0 Å². The van der Waals surface area contributed by atoms with Crippen LogP contribution in [0.2, 0.25) is 0 Å². The molecule has 0 saturated carbocycles. The van der Waals surface area contributed by atoms with E-state index >= 15 is 0 Å². The highest BCUT2D eigenvalue weighted by Crippen LogP contribution is 1.93. The Balaban J connectivity index is 3.11. The molecule has 0 aliphatic heterocycles. The Morgan fingerprint density at radius 2 is 1.80 bits per heavy atom. The maximum Gasteiger partial charge on any atom is -0.0169 e. The Kier molecular flexibility index (Phi) is 7.58. The molecule has 0 aromatic heterocycles. The van der Waals surface area contributed by atoms with Crippen molar-refractivity contribution in [1.29, 1.82) is 0 Å². The molecule has 0 nitrogen and oxygen atoms in total. The molecular formula is C10H15. The molecule has 0 bridgehead atoms. The molecule has 0 saturated heterocycles. The van der Waals surface area contributed by atoms with Gasteiger partial charge in [0.1, 0.15) is 0 Å². The van der Waals surface area contributed by atoms with Gasteiger partial charge in [0.2, 0.25) is 0 Å². The fraction of sp³-hybridized carbons (Fsp3) is 0.300. The number of rotatable bonds is 5. The molecule has 0 spiro atoms. The summed E-state index contributed by atoms with van der Waals surface area (Å²) in [6, 6.07) is 0. The molecule has 55 valence electrons. The number of hydrogen-bond acceptors (Lipinski definition) is 0. The normalized spacial score (nSPS) is 11.3. The molecule has 0 aromatic rings. The molecule has 0 aliphatic rings. The molecule has 10 heavy (non-hydrogen) atoms. The van der Waals surface area contributed by atoms with Gasteiger partial charge in [-0.05, 0) is 26.2 Å². The lowest BCUT2D eigenvalue weighted by molar-refractivity contribution is 1.05. The fourth-order valence-electron chi connectivity index (χ4n) is 0.603. The first kappa shape index (κ1) is 9.22. The van der Waals surface area contributed by atoms with Crippen LogP contribution in [-0.2, 0) is 0 Å². The molecule has 0 unspecified atom stereocenters. The van der Waals surface area contributed by atoms with E-state index in [1.165, 1.54) is 0 Å². The molecular weight excluding hydrogens is 120 g/mol. The highest BCUT2D eigenvalue weighted by Gasteiger charge is 1.72. The van der Waals surface area contributed by atoms with E-state index in [2.05, 4.69) is 25.7 Å². The van der Waals surface area contributed by atoms with Crippen molar-refractivity contribution in [3.8, 4) is 0 Å². The van der Waals surface area contributed by atoms with E-state index in [9.17, 15) is 0 Å². The zero-order chi connectivity index (χ0) is 7.66. The van der Waals surface area contributed by atoms with Gasteiger partial charge in [0.25, 0.3) is 0 Å². The molecule has 0 aliphatic carbocycles. The second-order valence-electron chi connectivity index (χ2n) is 2.04. The van der Waals surface area contributed by atoms with Gasteiger partial charge in [0, 0.05) is 0 Å². The van der Waals surface area contributed by atoms with E-state index in [0.29, 0.717) is 0 Å². The monoisotopic (exact) mass is 135 g/mol. The Morgan fingerprint density at radius 1 is 1.00 bits per heavy atom. The van der Waals surface area contributed by atoms with Gasteiger partial charge in [0.15, 0.2) is 0 Å². The van der Waals surface area contributed by atoms with Crippen molar-refractivity contribution in [2.24, 2.45) is 0 Å². The van der Waals surface area contributed by atoms with Crippen LogP contribution in [0, 0.1) is 6.92 Å². The van der Waals surface area contributed by atoms with Crippen molar-refractivity contribution in [1.82, 2.24) is 0 Å². The molecule has 0 heterocycles. The molecule has 0 atom stereocenters. The van der Waals surface area contributed by atoms with Crippen LogP contribution in [0.3, 0.4) is 0 Å². The molecule has 0 amide bonds. The summed E-state index contributed by atoms with van der Waals surface area (Å²) in [6.45, 7) is 7.23. The van der Waals surface area contributed by atoms with Crippen LogP contribution in [0.4, 0.5) is 0 Å². The Hall–Kier alpha value is -0.780. The summed E-state index contributed by atoms with van der Waals surface area (Å²) in [4.78, 5) is 0.